The van der Waals surface area contributed by atoms with Crippen molar-refractivity contribution in [3.63, 3.8) is 0 Å². The standard InChI is InChI=1S/C4H11O12P/c5-1(6,7)3(11,12)16-17(15)4(13,14)2(8,9)10/h5-14,17H. The third-order valence-corrected chi connectivity index (χ3v) is 2.80. The molecule has 0 saturated heterocycles. The molecule has 0 rings (SSSR count). The molecule has 17 heavy (non-hydrogen) atoms. The molecule has 0 fully saturated rings. The summed E-state index contributed by atoms with van der Waals surface area (Å²) in [6.07, 6.45) is 0. The molecule has 0 aromatic heterocycles. The maximum atomic E-state index is 10.9. The van der Waals surface area contributed by atoms with Crippen LogP contribution >= 0.6 is 8.03 Å². The molecule has 0 bridgehead atoms. The average Bonchev–Trinajstić information content (AvgIpc) is 1.98. The molecule has 13 heteroatoms. The largest absolute Gasteiger partial charge is 0.370 e. The summed E-state index contributed by atoms with van der Waals surface area (Å²) < 4.78 is 14.2. The highest BCUT2D eigenvalue weighted by atomic mass is 31.1. The zero-order valence-corrected chi connectivity index (χ0v) is 8.79. The maximum absolute atomic E-state index is 10.9. The molecule has 0 aliphatic rings. The van der Waals surface area contributed by atoms with Crippen LogP contribution in [0.3, 0.4) is 0 Å². The van der Waals surface area contributed by atoms with E-state index in [0.29, 0.717) is 0 Å². The predicted octanol–water partition coefficient (Wildman–Crippen LogP) is -5.98. The highest BCUT2D eigenvalue weighted by Gasteiger charge is 2.58. The summed E-state index contributed by atoms with van der Waals surface area (Å²) in [5, 5.41) is 84.4. The van der Waals surface area contributed by atoms with Gasteiger partial charge in [0.15, 0.2) is 0 Å². The Morgan fingerprint density at radius 2 is 1.06 bits per heavy atom. The van der Waals surface area contributed by atoms with Crippen LogP contribution in [0.25, 0.3) is 0 Å². The third kappa shape index (κ3) is 3.62. The fourth-order valence-electron chi connectivity index (χ4n) is 0.406. The first-order chi connectivity index (χ1) is 7.13. The molecule has 0 amide bonds. The number of aliphatic hydroxyl groups is 10. The second-order valence-electron chi connectivity index (χ2n) is 2.94. The number of hydrogen-bond acceptors (Lipinski definition) is 12. The van der Waals surface area contributed by atoms with Crippen LogP contribution in [0.15, 0.2) is 0 Å². The van der Waals surface area contributed by atoms with E-state index in [2.05, 4.69) is 4.52 Å². The molecular formula is C4H11O12P. The van der Waals surface area contributed by atoms with Crippen molar-refractivity contribution < 1.29 is 60.2 Å². The molecule has 0 aliphatic heterocycles. The lowest BCUT2D eigenvalue weighted by molar-refractivity contribution is -0.504. The lowest BCUT2D eigenvalue weighted by Gasteiger charge is -2.33. The van der Waals surface area contributed by atoms with Crippen LogP contribution in [0.4, 0.5) is 0 Å². The normalized spacial score (nSPS) is 17.1. The van der Waals surface area contributed by atoms with Gasteiger partial charge in [0.1, 0.15) is 0 Å². The molecule has 0 aromatic rings. The summed E-state index contributed by atoms with van der Waals surface area (Å²) in [6.45, 7) is 0. The minimum absolute atomic E-state index is 3.32. The van der Waals surface area contributed by atoms with Gasteiger partial charge < -0.3 is 51.1 Å². The second-order valence-corrected chi connectivity index (χ2v) is 4.42. The fourth-order valence-corrected chi connectivity index (χ4v) is 1.22. The van der Waals surface area contributed by atoms with E-state index in [1.165, 1.54) is 0 Å². The van der Waals surface area contributed by atoms with E-state index in [0.717, 1.165) is 0 Å². The van der Waals surface area contributed by atoms with Crippen molar-refractivity contribution in [1.82, 2.24) is 0 Å². The summed E-state index contributed by atoms with van der Waals surface area (Å²) in [5.41, 5.74) is -4.29. The van der Waals surface area contributed by atoms with Crippen molar-refractivity contribution in [1.29, 1.82) is 0 Å². The second kappa shape index (κ2) is 4.47. The van der Waals surface area contributed by atoms with Crippen LogP contribution in [-0.4, -0.2) is 74.5 Å². The van der Waals surface area contributed by atoms with Crippen LogP contribution in [0.2, 0.25) is 0 Å². The highest BCUT2D eigenvalue weighted by molar-refractivity contribution is 7.40. The first-order valence-corrected chi connectivity index (χ1v) is 4.91. The third-order valence-electron chi connectivity index (χ3n) is 1.42. The van der Waals surface area contributed by atoms with Crippen molar-refractivity contribution in [3.05, 3.63) is 0 Å². The van der Waals surface area contributed by atoms with Gasteiger partial charge in [0, 0.05) is 0 Å². The van der Waals surface area contributed by atoms with Gasteiger partial charge >= 0.3 is 23.4 Å². The zero-order valence-electron chi connectivity index (χ0n) is 7.79. The zero-order chi connectivity index (χ0) is 14.3. The molecule has 1 atom stereocenters. The molecule has 10 N–H and O–H groups in total. The van der Waals surface area contributed by atoms with E-state index in [1.807, 2.05) is 0 Å². The summed E-state index contributed by atoms with van der Waals surface area (Å²) in [6, 6.07) is 0. The average molecular weight is 282 g/mol. The Balaban J connectivity index is 5.02. The molecule has 0 aliphatic carbocycles. The Hall–Kier alpha value is -0.210. The van der Waals surface area contributed by atoms with E-state index in [-0.39, 0.29) is 0 Å². The first-order valence-electron chi connectivity index (χ1n) is 3.60. The van der Waals surface area contributed by atoms with Gasteiger partial charge in [-0.05, 0) is 0 Å². The summed E-state index contributed by atoms with van der Waals surface area (Å²) in [4.78, 5) is 0. The minimum Gasteiger partial charge on any atom is -0.352 e. The number of hydrogen-bond donors (Lipinski definition) is 10. The van der Waals surface area contributed by atoms with Crippen LogP contribution in [-0.2, 0) is 9.09 Å². The predicted molar refractivity (Wildman–Crippen MR) is 43.2 cm³/mol. The Bertz CT molecular complexity index is 295. The van der Waals surface area contributed by atoms with Gasteiger partial charge in [-0.25, -0.2) is 0 Å². The van der Waals surface area contributed by atoms with Gasteiger partial charge in [0.25, 0.3) is 8.03 Å². The molecule has 0 spiro atoms. The van der Waals surface area contributed by atoms with Crippen LogP contribution in [0, 0.1) is 0 Å². The molecule has 12 nitrogen and oxygen atoms in total. The Labute approximate surface area is 92.7 Å². The van der Waals surface area contributed by atoms with Crippen molar-refractivity contribution >= 4 is 8.03 Å². The summed E-state index contributed by atoms with van der Waals surface area (Å²) in [5.74, 6) is -13.1. The molecule has 0 saturated carbocycles. The molecular weight excluding hydrogens is 271 g/mol. The van der Waals surface area contributed by atoms with Crippen LogP contribution in [0.5, 0.6) is 0 Å². The molecule has 0 radical (unpaired) electrons. The minimum atomic E-state index is -4.73. The van der Waals surface area contributed by atoms with Crippen molar-refractivity contribution in [2.75, 3.05) is 0 Å². The fraction of sp³-hybridized carbons (Fsp3) is 1.00. The molecule has 0 aromatic carbocycles. The number of rotatable bonds is 5. The Morgan fingerprint density at radius 3 is 1.29 bits per heavy atom. The lowest BCUT2D eigenvalue weighted by atomic mass is 10.5. The van der Waals surface area contributed by atoms with Gasteiger partial charge in [0.05, 0.1) is 0 Å². The van der Waals surface area contributed by atoms with E-state index in [9.17, 15) is 4.57 Å². The van der Waals surface area contributed by atoms with Crippen molar-refractivity contribution in [2.45, 2.75) is 23.4 Å². The Kier molecular flexibility index (Phi) is 4.42. The van der Waals surface area contributed by atoms with E-state index in [4.69, 9.17) is 51.1 Å². The maximum Gasteiger partial charge on any atom is 0.370 e. The molecule has 0 heterocycles. The van der Waals surface area contributed by atoms with E-state index >= 15 is 0 Å². The van der Waals surface area contributed by atoms with Crippen LogP contribution < -0.4 is 0 Å². The quantitative estimate of drug-likeness (QED) is 0.168. The van der Waals surface area contributed by atoms with Crippen LogP contribution in [0.1, 0.15) is 0 Å². The van der Waals surface area contributed by atoms with Crippen molar-refractivity contribution in [3.8, 4) is 0 Å². The molecule has 104 valence electrons. The topological polar surface area (TPSA) is 229 Å². The monoisotopic (exact) mass is 282 g/mol. The summed E-state index contributed by atoms with van der Waals surface area (Å²) in [7, 11) is -4.73. The first kappa shape index (κ1) is 16.8. The smallest absolute Gasteiger partial charge is 0.352 e. The SMILES string of the molecule is O=[PH](OC(O)(O)C(O)(O)O)C(O)(O)C(O)(O)O. The van der Waals surface area contributed by atoms with E-state index < -0.39 is 31.5 Å². The van der Waals surface area contributed by atoms with Gasteiger partial charge in [-0.15, -0.1) is 0 Å². The highest BCUT2D eigenvalue weighted by Crippen LogP contribution is 2.44. The van der Waals surface area contributed by atoms with Gasteiger partial charge in [-0.3, -0.25) is 9.09 Å². The summed E-state index contributed by atoms with van der Waals surface area (Å²) >= 11 is 0. The van der Waals surface area contributed by atoms with Gasteiger partial charge in [-0.1, -0.05) is 0 Å². The molecule has 1 unspecified atom stereocenters. The van der Waals surface area contributed by atoms with Gasteiger partial charge in [0.2, 0.25) is 0 Å². The van der Waals surface area contributed by atoms with Gasteiger partial charge in [-0.2, -0.15) is 0 Å². The Morgan fingerprint density at radius 1 is 0.706 bits per heavy atom. The van der Waals surface area contributed by atoms with E-state index in [1.54, 1.807) is 0 Å². The van der Waals surface area contributed by atoms with Crippen molar-refractivity contribution in [2.24, 2.45) is 0 Å². The lowest BCUT2D eigenvalue weighted by Crippen LogP contribution is -2.58.